The molecular weight excluding hydrogens is 474 g/mol. The lowest BCUT2D eigenvalue weighted by Gasteiger charge is -2.39. The SMILES string of the molecule is Cc1cc(Nc2ncc3c(=O)n(C(C)C)n(-c4cccc(C(C)(C)C)n4)c3n2)cc2c1C(C)(C)CN(C)C2. The van der Waals surface area contributed by atoms with Gasteiger partial charge in [0.05, 0.1) is 0 Å². The molecule has 0 fully saturated rings. The monoisotopic (exact) mass is 513 g/mol. The fraction of sp³-hybridized carbons (Fsp3) is 0.467. The highest BCUT2D eigenvalue weighted by atomic mass is 16.1. The maximum absolute atomic E-state index is 13.4. The number of aryl methyl sites for hydroxylation is 1. The molecule has 5 rings (SSSR count). The highest BCUT2D eigenvalue weighted by molar-refractivity contribution is 5.77. The third kappa shape index (κ3) is 4.51. The van der Waals surface area contributed by atoms with E-state index in [1.165, 1.54) is 16.7 Å². The van der Waals surface area contributed by atoms with Crippen LogP contribution in [0.15, 0.2) is 41.3 Å². The molecule has 38 heavy (non-hydrogen) atoms. The van der Waals surface area contributed by atoms with Gasteiger partial charge in [0.15, 0.2) is 11.5 Å². The highest BCUT2D eigenvalue weighted by Gasteiger charge is 2.32. The Balaban J connectivity index is 1.63. The lowest BCUT2D eigenvalue weighted by atomic mass is 9.76. The molecule has 1 aromatic carbocycles. The van der Waals surface area contributed by atoms with E-state index in [-0.39, 0.29) is 22.4 Å². The molecule has 0 aliphatic carbocycles. The number of pyridine rings is 1. The van der Waals surface area contributed by atoms with Crippen LogP contribution < -0.4 is 10.9 Å². The molecule has 0 saturated heterocycles. The van der Waals surface area contributed by atoms with E-state index in [2.05, 4.69) is 75.9 Å². The maximum atomic E-state index is 13.4. The number of nitrogens with zero attached hydrogens (tertiary/aromatic N) is 6. The first-order valence-corrected chi connectivity index (χ1v) is 13.3. The summed E-state index contributed by atoms with van der Waals surface area (Å²) in [7, 11) is 2.17. The van der Waals surface area contributed by atoms with Gasteiger partial charge in [0.2, 0.25) is 5.95 Å². The van der Waals surface area contributed by atoms with E-state index < -0.39 is 0 Å². The second-order valence-electron chi connectivity index (χ2n) is 12.6. The number of likely N-dealkylation sites (N-methyl/N-ethyl adjacent to an activating group) is 1. The molecule has 3 aromatic heterocycles. The van der Waals surface area contributed by atoms with Gasteiger partial charge in [0, 0.05) is 47.5 Å². The molecule has 0 unspecified atom stereocenters. The summed E-state index contributed by atoms with van der Waals surface area (Å²) in [5, 5.41) is 3.89. The van der Waals surface area contributed by atoms with Gasteiger partial charge in [0.25, 0.3) is 5.56 Å². The molecule has 4 heterocycles. The zero-order valence-corrected chi connectivity index (χ0v) is 24.0. The molecule has 8 nitrogen and oxygen atoms in total. The lowest BCUT2D eigenvalue weighted by molar-refractivity contribution is 0.235. The van der Waals surface area contributed by atoms with Crippen LogP contribution in [-0.4, -0.2) is 42.8 Å². The summed E-state index contributed by atoms with van der Waals surface area (Å²) >= 11 is 0. The van der Waals surface area contributed by atoms with Gasteiger partial charge in [-0.25, -0.2) is 19.3 Å². The number of nitrogens with one attached hydrogen (secondary N) is 1. The van der Waals surface area contributed by atoms with Crippen molar-refractivity contribution in [3.63, 3.8) is 0 Å². The van der Waals surface area contributed by atoms with Crippen LogP contribution in [-0.2, 0) is 17.4 Å². The molecule has 0 atom stereocenters. The fourth-order valence-corrected chi connectivity index (χ4v) is 5.96. The lowest BCUT2D eigenvalue weighted by Crippen LogP contribution is -2.40. The summed E-state index contributed by atoms with van der Waals surface area (Å²) in [5.41, 5.74) is 6.26. The Kier molecular flexibility index (Phi) is 6.21. The van der Waals surface area contributed by atoms with Crippen LogP contribution >= 0.6 is 0 Å². The molecule has 0 radical (unpaired) electrons. The van der Waals surface area contributed by atoms with E-state index in [1.807, 2.05) is 36.7 Å². The van der Waals surface area contributed by atoms with Crippen LogP contribution in [0.1, 0.15) is 76.9 Å². The predicted octanol–water partition coefficient (Wildman–Crippen LogP) is 5.63. The number of aromatic nitrogens is 5. The minimum absolute atomic E-state index is 0.0863. The van der Waals surface area contributed by atoms with Crippen molar-refractivity contribution in [2.75, 3.05) is 18.9 Å². The smallest absolute Gasteiger partial charge is 0.278 e. The second kappa shape index (κ2) is 9.05. The van der Waals surface area contributed by atoms with Crippen molar-refractivity contribution < 1.29 is 0 Å². The van der Waals surface area contributed by atoms with Gasteiger partial charge in [0.1, 0.15) is 5.39 Å². The molecule has 0 amide bonds. The molecule has 200 valence electrons. The van der Waals surface area contributed by atoms with Crippen molar-refractivity contribution in [1.82, 2.24) is 29.2 Å². The van der Waals surface area contributed by atoms with Crippen molar-refractivity contribution in [3.05, 3.63) is 69.3 Å². The first kappa shape index (κ1) is 26.1. The summed E-state index contributed by atoms with van der Waals surface area (Å²) in [6.45, 7) is 19.1. The quantitative estimate of drug-likeness (QED) is 0.381. The number of benzene rings is 1. The summed E-state index contributed by atoms with van der Waals surface area (Å²) in [6.07, 6.45) is 1.62. The van der Waals surface area contributed by atoms with E-state index in [9.17, 15) is 4.79 Å². The molecule has 1 aliphatic heterocycles. The van der Waals surface area contributed by atoms with Gasteiger partial charge in [-0.05, 0) is 68.8 Å². The van der Waals surface area contributed by atoms with Crippen molar-refractivity contribution in [2.24, 2.45) is 0 Å². The predicted molar refractivity (Wildman–Crippen MR) is 154 cm³/mol. The van der Waals surface area contributed by atoms with Gasteiger partial charge < -0.3 is 10.2 Å². The summed E-state index contributed by atoms with van der Waals surface area (Å²) in [4.78, 5) is 30.1. The Morgan fingerprint density at radius 2 is 1.84 bits per heavy atom. The Hall–Kier alpha value is -3.52. The molecule has 1 aliphatic rings. The summed E-state index contributed by atoms with van der Waals surface area (Å²) < 4.78 is 3.54. The van der Waals surface area contributed by atoms with E-state index >= 15 is 0 Å². The van der Waals surface area contributed by atoms with Crippen LogP contribution in [0.3, 0.4) is 0 Å². The van der Waals surface area contributed by atoms with Gasteiger partial charge >= 0.3 is 0 Å². The number of hydrogen-bond acceptors (Lipinski definition) is 6. The third-order valence-corrected chi connectivity index (χ3v) is 7.29. The Bertz CT molecular complexity index is 1590. The summed E-state index contributed by atoms with van der Waals surface area (Å²) in [6, 6.07) is 10.2. The van der Waals surface area contributed by atoms with Crippen molar-refractivity contribution >= 4 is 22.7 Å². The molecule has 1 N–H and O–H groups in total. The van der Waals surface area contributed by atoms with Gasteiger partial charge in [-0.1, -0.05) is 40.7 Å². The van der Waals surface area contributed by atoms with Crippen LogP contribution in [0.2, 0.25) is 0 Å². The Morgan fingerprint density at radius 1 is 1.11 bits per heavy atom. The topological polar surface area (TPSA) is 80.9 Å². The zero-order valence-electron chi connectivity index (χ0n) is 24.0. The van der Waals surface area contributed by atoms with Crippen LogP contribution in [0.4, 0.5) is 11.6 Å². The van der Waals surface area contributed by atoms with Crippen LogP contribution in [0, 0.1) is 6.92 Å². The van der Waals surface area contributed by atoms with E-state index in [0.717, 1.165) is 24.5 Å². The molecule has 8 heteroatoms. The minimum atomic E-state index is -0.128. The van der Waals surface area contributed by atoms with E-state index in [1.54, 1.807) is 10.9 Å². The Labute approximate surface area is 224 Å². The number of fused-ring (bicyclic) bond motifs is 2. The maximum Gasteiger partial charge on any atom is 0.278 e. The fourth-order valence-electron chi connectivity index (χ4n) is 5.96. The van der Waals surface area contributed by atoms with E-state index in [4.69, 9.17) is 9.97 Å². The first-order chi connectivity index (χ1) is 17.8. The largest absolute Gasteiger partial charge is 0.324 e. The van der Waals surface area contributed by atoms with Gasteiger partial charge in [-0.15, -0.1) is 0 Å². The average molecular weight is 514 g/mol. The van der Waals surface area contributed by atoms with Crippen molar-refractivity contribution in [1.29, 1.82) is 0 Å². The van der Waals surface area contributed by atoms with Crippen LogP contribution in [0.5, 0.6) is 0 Å². The third-order valence-electron chi connectivity index (χ3n) is 7.29. The first-order valence-electron chi connectivity index (χ1n) is 13.3. The van der Waals surface area contributed by atoms with Gasteiger partial charge in [-0.2, -0.15) is 4.98 Å². The highest BCUT2D eigenvalue weighted by Crippen LogP contribution is 2.37. The number of rotatable bonds is 4. The average Bonchev–Trinajstić information content (AvgIpc) is 3.09. The molecular formula is C30H39N7O. The van der Waals surface area contributed by atoms with E-state index in [0.29, 0.717) is 22.8 Å². The zero-order chi connectivity index (χ0) is 27.6. The molecule has 0 spiro atoms. The standard InChI is InChI=1S/C30H39N7O/c1-18(2)36-27(38)22-15-31-28(34-26(22)37(36)24-12-10-11-23(33-24)29(4,5)6)32-21-13-19(3)25-20(14-21)16-35(9)17-30(25,7)8/h10-15,18H,16-17H2,1-9H3,(H,31,32,34). The van der Waals surface area contributed by atoms with Gasteiger partial charge in [-0.3, -0.25) is 4.79 Å². The molecule has 0 bridgehead atoms. The summed E-state index contributed by atoms with van der Waals surface area (Å²) in [5.74, 6) is 1.11. The molecule has 4 aromatic rings. The number of anilines is 2. The van der Waals surface area contributed by atoms with Crippen molar-refractivity contribution in [3.8, 4) is 5.82 Å². The van der Waals surface area contributed by atoms with Crippen molar-refractivity contribution in [2.45, 2.75) is 78.8 Å². The second-order valence-corrected chi connectivity index (χ2v) is 12.6. The molecule has 0 saturated carbocycles. The van der Waals surface area contributed by atoms with Crippen LogP contribution in [0.25, 0.3) is 16.9 Å². The normalized spacial score (nSPS) is 15.7. The number of hydrogen-bond donors (Lipinski definition) is 1. The minimum Gasteiger partial charge on any atom is -0.324 e. The Morgan fingerprint density at radius 3 is 2.53 bits per heavy atom.